The van der Waals surface area contributed by atoms with Crippen molar-refractivity contribution in [1.29, 1.82) is 0 Å². The zero-order valence-electron chi connectivity index (χ0n) is 10.9. The van der Waals surface area contributed by atoms with Crippen LogP contribution in [0, 0.1) is 10.8 Å². The second-order valence-corrected chi connectivity index (χ2v) is 6.06. The molecular formula is C10H16BrN3O5S. The average molecular weight is 370 g/mol. The van der Waals surface area contributed by atoms with Crippen LogP contribution in [0.25, 0.3) is 0 Å². The van der Waals surface area contributed by atoms with E-state index in [-0.39, 0.29) is 25.0 Å². The van der Waals surface area contributed by atoms with Crippen LogP contribution >= 0.6 is 25.3 Å². The first kappa shape index (κ1) is 16.1. The van der Waals surface area contributed by atoms with Gasteiger partial charge in [0.15, 0.2) is 0 Å². The highest BCUT2D eigenvalue weighted by Gasteiger charge is 2.58. The predicted octanol–water partition coefficient (Wildman–Crippen LogP) is 0.950. The molecule has 2 N–H and O–H groups in total. The average Bonchev–Trinajstić information content (AvgIpc) is 2.65. The third-order valence-electron chi connectivity index (χ3n) is 3.80. The maximum atomic E-state index is 11.6. The second-order valence-electron chi connectivity index (χ2n) is 4.95. The number of likely N-dealkylation sites (tertiary alicyclic amines) is 1. The van der Waals surface area contributed by atoms with Crippen molar-refractivity contribution < 1.29 is 18.6 Å². The molecule has 8 nitrogen and oxygen atoms in total. The maximum Gasteiger partial charge on any atom is 0.226 e. The molecule has 2 fully saturated rings. The standard InChI is InChI=1S/C10H16BrN3O5S/c1-6-8(19-20-11)10(4-13-16,5-17-12)18-9(6)14-3-2-7(14)15/h6,8-9H,2-5,12H2,1H3. The highest BCUT2D eigenvalue weighted by Crippen LogP contribution is 2.43. The van der Waals surface area contributed by atoms with Gasteiger partial charge in [0, 0.05) is 33.7 Å². The Morgan fingerprint density at radius 2 is 2.45 bits per heavy atom. The minimum absolute atomic E-state index is 0.0237. The molecule has 2 aliphatic heterocycles. The van der Waals surface area contributed by atoms with E-state index in [1.807, 2.05) is 6.92 Å². The van der Waals surface area contributed by atoms with E-state index in [1.54, 1.807) is 4.90 Å². The Balaban J connectivity index is 2.23. The molecule has 0 spiro atoms. The summed E-state index contributed by atoms with van der Waals surface area (Å²) in [7, 11) is 0.986. The van der Waals surface area contributed by atoms with Gasteiger partial charge >= 0.3 is 0 Å². The van der Waals surface area contributed by atoms with Crippen LogP contribution in [0.2, 0.25) is 0 Å². The van der Waals surface area contributed by atoms with Gasteiger partial charge in [0.05, 0.1) is 10.5 Å². The molecule has 2 aliphatic rings. The lowest BCUT2D eigenvalue weighted by atomic mass is 9.90. The Morgan fingerprint density at radius 1 is 1.70 bits per heavy atom. The number of nitrogens with zero attached hydrogens (tertiary/aromatic N) is 2. The first-order valence-corrected chi connectivity index (χ1v) is 8.70. The Kier molecular flexibility index (Phi) is 5.37. The fraction of sp³-hybridized carbons (Fsp3) is 0.900. The molecule has 0 aromatic rings. The number of hydrogen-bond donors (Lipinski definition) is 1. The SMILES string of the molecule is CC1C(N2CCC2=O)OC(CN=O)(CON)C1OSBr. The van der Waals surface area contributed by atoms with Gasteiger partial charge in [-0.2, -0.15) is 4.91 Å². The molecule has 0 radical (unpaired) electrons. The van der Waals surface area contributed by atoms with Crippen molar-refractivity contribution in [3.8, 4) is 0 Å². The largest absolute Gasteiger partial charge is 0.344 e. The summed E-state index contributed by atoms with van der Waals surface area (Å²) in [4.78, 5) is 28.7. The number of β-lactam (4-membered cyclic amide) rings is 1. The molecular weight excluding hydrogens is 354 g/mol. The van der Waals surface area contributed by atoms with Crippen molar-refractivity contribution in [1.82, 2.24) is 4.90 Å². The normalized spacial score (nSPS) is 37.0. The lowest BCUT2D eigenvalue weighted by Gasteiger charge is -2.38. The third kappa shape index (κ3) is 2.72. The van der Waals surface area contributed by atoms with E-state index in [9.17, 15) is 9.70 Å². The molecule has 0 saturated carbocycles. The molecule has 2 saturated heterocycles. The number of amides is 1. The highest BCUT2D eigenvalue weighted by molar-refractivity contribution is 9.49. The molecule has 4 atom stereocenters. The number of nitrogens with two attached hydrogens (primary N) is 1. The van der Waals surface area contributed by atoms with Crippen LogP contribution in [0.5, 0.6) is 0 Å². The lowest BCUT2D eigenvalue weighted by molar-refractivity contribution is -0.177. The highest BCUT2D eigenvalue weighted by atomic mass is 79.9. The van der Waals surface area contributed by atoms with E-state index >= 15 is 0 Å². The first-order valence-electron chi connectivity index (χ1n) is 6.12. The number of carbonyl (C=O) groups is 1. The maximum absolute atomic E-state index is 11.6. The van der Waals surface area contributed by atoms with E-state index in [1.165, 1.54) is 0 Å². The summed E-state index contributed by atoms with van der Waals surface area (Å²) in [5.74, 6) is 5.03. The van der Waals surface area contributed by atoms with E-state index in [0.29, 0.717) is 13.0 Å². The third-order valence-corrected chi connectivity index (χ3v) is 4.53. The molecule has 114 valence electrons. The van der Waals surface area contributed by atoms with Gasteiger partial charge in [0.1, 0.15) is 31.1 Å². The molecule has 4 unspecified atom stereocenters. The van der Waals surface area contributed by atoms with E-state index < -0.39 is 17.9 Å². The Bertz CT molecular complexity index is 390. The van der Waals surface area contributed by atoms with Crippen molar-refractivity contribution in [3.05, 3.63) is 4.91 Å². The molecule has 20 heavy (non-hydrogen) atoms. The monoisotopic (exact) mass is 369 g/mol. The Labute approximate surface area is 128 Å². The van der Waals surface area contributed by atoms with Crippen LogP contribution in [0.4, 0.5) is 0 Å². The Morgan fingerprint density at radius 3 is 2.90 bits per heavy atom. The topological polar surface area (TPSA) is 103 Å². The van der Waals surface area contributed by atoms with Gasteiger partial charge in [-0.1, -0.05) is 12.1 Å². The van der Waals surface area contributed by atoms with Gasteiger partial charge in [-0.25, -0.2) is 5.90 Å². The summed E-state index contributed by atoms with van der Waals surface area (Å²) in [5, 5.41) is 2.91. The summed E-state index contributed by atoms with van der Waals surface area (Å²) in [6.45, 7) is 2.33. The van der Waals surface area contributed by atoms with Gasteiger partial charge in [-0.3, -0.25) is 8.98 Å². The van der Waals surface area contributed by atoms with E-state index in [2.05, 4.69) is 24.8 Å². The number of nitroso groups, excluding NO2 is 1. The molecule has 2 rings (SSSR count). The summed E-state index contributed by atoms with van der Waals surface area (Å²) in [5.41, 5.74) is -1.09. The summed E-state index contributed by atoms with van der Waals surface area (Å²) >= 11 is 3.12. The van der Waals surface area contributed by atoms with Crippen molar-refractivity contribution >= 4 is 31.2 Å². The van der Waals surface area contributed by atoms with Gasteiger partial charge < -0.3 is 14.5 Å². The van der Waals surface area contributed by atoms with Gasteiger partial charge in [0.2, 0.25) is 5.91 Å². The second kappa shape index (κ2) is 6.67. The molecule has 0 aromatic carbocycles. The van der Waals surface area contributed by atoms with Crippen molar-refractivity contribution in [2.24, 2.45) is 17.0 Å². The van der Waals surface area contributed by atoms with Crippen molar-refractivity contribution in [3.63, 3.8) is 0 Å². The van der Waals surface area contributed by atoms with Crippen LogP contribution in [-0.4, -0.2) is 48.4 Å². The summed E-state index contributed by atoms with van der Waals surface area (Å²) in [6.07, 6.45) is -0.429. The smallest absolute Gasteiger partial charge is 0.226 e. The molecule has 1 amide bonds. The first-order chi connectivity index (χ1) is 9.59. The number of halogens is 1. The van der Waals surface area contributed by atoms with Gasteiger partial charge in [-0.05, 0) is 0 Å². The van der Waals surface area contributed by atoms with Gasteiger partial charge in [-0.15, -0.1) is 0 Å². The van der Waals surface area contributed by atoms with E-state index in [0.717, 1.165) is 10.5 Å². The Hall–Kier alpha value is -0.260. The van der Waals surface area contributed by atoms with Crippen LogP contribution in [0.1, 0.15) is 13.3 Å². The zero-order chi connectivity index (χ0) is 14.8. The molecule has 2 heterocycles. The van der Waals surface area contributed by atoms with Gasteiger partial charge in [0.25, 0.3) is 0 Å². The van der Waals surface area contributed by atoms with Crippen LogP contribution < -0.4 is 5.90 Å². The van der Waals surface area contributed by atoms with Crippen LogP contribution in [-0.2, 0) is 18.6 Å². The minimum Gasteiger partial charge on any atom is -0.344 e. The molecule has 0 aromatic heterocycles. The van der Waals surface area contributed by atoms with Crippen molar-refractivity contribution in [2.45, 2.75) is 31.3 Å². The lowest BCUT2D eigenvalue weighted by Crippen LogP contribution is -2.53. The minimum atomic E-state index is -1.09. The molecule has 10 heteroatoms. The fourth-order valence-corrected chi connectivity index (χ4v) is 3.67. The van der Waals surface area contributed by atoms with E-state index in [4.69, 9.17) is 14.8 Å². The molecule has 0 aliphatic carbocycles. The van der Waals surface area contributed by atoms with Crippen LogP contribution in [0.3, 0.4) is 0 Å². The van der Waals surface area contributed by atoms with Crippen LogP contribution in [0.15, 0.2) is 5.18 Å². The fourth-order valence-electron chi connectivity index (χ4n) is 2.75. The number of hydrogen-bond acceptors (Lipinski definition) is 8. The zero-order valence-corrected chi connectivity index (χ0v) is 13.3. The number of ether oxygens (including phenoxy) is 1. The predicted molar refractivity (Wildman–Crippen MR) is 75.3 cm³/mol. The molecule has 0 bridgehead atoms. The quantitative estimate of drug-likeness (QED) is 0.308. The van der Waals surface area contributed by atoms with Crippen molar-refractivity contribution in [2.75, 3.05) is 19.7 Å². The number of carbonyl (C=O) groups excluding carboxylic acids is 1. The summed E-state index contributed by atoms with van der Waals surface area (Å²) in [6, 6.07) is 0. The summed E-state index contributed by atoms with van der Waals surface area (Å²) < 4.78 is 11.5. The number of rotatable bonds is 7.